The molecule has 7 heteroatoms. The van der Waals surface area contributed by atoms with Crippen molar-refractivity contribution in [2.24, 2.45) is 0 Å². The van der Waals surface area contributed by atoms with Gasteiger partial charge >= 0.3 is 6.36 Å². The van der Waals surface area contributed by atoms with Crippen molar-refractivity contribution >= 4 is 34.2 Å². The van der Waals surface area contributed by atoms with Gasteiger partial charge in [0.1, 0.15) is 11.6 Å². The maximum atomic E-state index is 12.8. The van der Waals surface area contributed by atoms with Crippen molar-refractivity contribution in [1.82, 2.24) is 0 Å². The van der Waals surface area contributed by atoms with E-state index in [0.717, 1.165) is 12.1 Å². The Balaban J connectivity index is 3.04. The minimum absolute atomic E-state index is 0.00579. The number of hydrogen-bond acceptors (Lipinski definition) is 1. The van der Waals surface area contributed by atoms with Crippen LogP contribution in [0.15, 0.2) is 12.1 Å². The second-order valence-corrected chi connectivity index (χ2v) is 3.81. The van der Waals surface area contributed by atoms with E-state index in [2.05, 4.69) is 4.74 Å². The van der Waals surface area contributed by atoms with Crippen molar-refractivity contribution in [3.63, 3.8) is 0 Å². The molecule has 0 amide bonds. The predicted octanol–water partition coefficient (Wildman–Crippen LogP) is 3.98. The first-order valence-corrected chi connectivity index (χ1v) is 4.65. The van der Waals surface area contributed by atoms with Crippen molar-refractivity contribution in [2.75, 3.05) is 0 Å². The topological polar surface area (TPSA) is 9.23 Å². The van der Waals surface area contributed by atoms with Gasteiger partial charge in [-0.3, -0.25) is 0 Å². The molecule has 1 nitrogen and oxygen atoms in total. The maximum Gasteiger partial charge on any atom is 0.573 e. The normalized spacial score (nSPS) is 11.6. The fourth-order valence-corrected chi connectivity index (χ4v) is 1.33. The highest BCUT2D eigenvalue weighted by atomic mass is 127. The van der Waals surface area contributed by atoms with E-state index < -0.39 is 23.0 Å². The van der Waals surface area contributed by atoms with Gasteiger partial charge in [-0.05, 0) is 34.7 Å². The van der Waals surface area contributed by atoms with Crippen LogP contribution in [-0.2, 0) is 0 Å². The van der Waals surface area contributed by atoms with E-state index >= 15 is 0 Å². The highest BCUT2D eigenvalue weighted by Crippen LogP contribution is 2.32. The van der Waals surface area contributed by atoms with E-state index in [-0.39, 0.29) is 3.57 Å². The van der Waals surface area contributed by atoms with Crippen LogP contribution in [0.25, 0.3) is 0 Å². The van der Waals surface area contributed by atoms with Gasteiger partial charge in [0.15, 0.2) is 0 Å². The van der Waals surface area contributed by atoms with Crippen molar-refractivity contribution in [1.29, 1.82) is 0 Å². The van der Waals surface area contributed by atoms with Crippen molar-refractivity contribution in [3.05, 3.63) is 26.5 Å². The number of halogens is 6. The molecular formula is C7H2ClF4IO. The highest BCUT2D eigenvalue weighted by Gasteiger charge is 2.32. The van der Waals surface area contributed by atoms with Gasteiger partial charge in [0.2, 0.25) is 0 Å². The van der Waals surface area contributed by atoms with Crippen molar-refractivity contribution in [2.45, 2.75) is 6.36 Å². The number of alkyl halides is 3. The molecule has 0 aliphatic carbocycles. The molecular weight excluding hydrogens is 338 g/mol. The lowest BCUT2D eigenvalue weighted by Crippen LogP contribution is -2.17. The molecule has 0 atom stereocenters. The van der Waals surface area contributed by atoms with Crippen LogP contribution in [0.2, 0.25) is 5.02 Å². The first-order valence-electron chi connectivity index (χ1n) is 3.20. The molecule has 0 aromatic heterocycles. The van der Waals surface area contributed by atoms with Gasteiger partial charge in [0, 0.05) is 0 Å². The summed E-state index contributed by atoms with van der Waals surface area (Å²) in [6.07, 6.45) is -4.83. The summed E-state index contributed by atoms with van der Waals surface area (Å²) < 4.78 is 51.7. The molecule has 0 saturated heterocycles. The summed E-state index contributed by atoms with van der Waals surface area (Å²) in [5, 5.41) is -0.416. The van der Waals surface area contributed by atoms with Crippen LogP contribution in [0.4, 0.5) is 17.6 Å². The molecule has 1 aromatic rings. The van der Waals surface area contributed by atoms with E-state index in [1.165, 1.54) is 22.6 Å². The summed E-state index contributed by atoms with van der Waals surface area (Å²) in [6, 6.07) is 1.65. The Morgan fingerprint density at radius 1 is 1.29 bits per heavy atom. The molecule has 0 aliphatic rings. The van der Waals surface area contributed by atoms with E-state index in [0.29, 0.717) is 0 Å². The molecule has 0 unspecified atom stereocenters. The molecule has 0 heterocycles. The molecule has 0 aliphatic heterocycles. The molecule has 0 spiro atoms. The van der Waals surface area contributed by atoms with Gasteiger partial charge in [-0.15, -0.1) is 13.2 Å². The third-order valence-electron chi connectivity index (χ3n) is 1.20. The largest absolute Gasteiger partial charge is 0.573 e. The first-order chi connectivity index (χ1) is 6.29. The highest BCUT2D eigenvalue weighted by molar-refractivity contribution is 14.1. The van der Waals surface area contributed by atoms with Gasteiger partial charge < -0.3 is 4.74 Å². The van der Waals surface area contributed by atoms with Crippen LogP contribution in [0.5, 0.6) is 5.75 Å². The molecule has 1 rings (SSSR count). The summed E-state index contributed by atoms with van der Waals surface area (Å²) in [4.78, 5) is 0. The standard InChI is InChI=1S/C7H2ClF4IO/c8-3-1-4(9)5(13)2-6(3)14-7(10,11)12/h1-2H. The quantitative estimate of drug-likeness (QED) is 0.427. The summed E-state index contributed by atoms with van der Waals surface area (Å²) in [5.41, 5.74) is 0. The van der Waals surface area contributed by atoms with E-state index in [4.69, 9.17) is 11.6 Å². The lowest BCUT2D eigenvalue weighted by molar-refractivity contribution is -0.274. The van der Waals surface area contributed by atoms with Crippen molar-refractivity contribution in [3.8, 4) is 5.75 Å². The van der Waals surface area contributed by atoms with Crippen molar-refractivity contribution < 1.29 is 22.3 Å². The average molecular weight is 340 g/mol. The van der Waals surface area contributed by atoms with E-state index in [1.807, 2.05) is 0 Å². The number of ether oxygens (including phenoxy) is 1. The van der Waals surface area contributed by atoms with Crippen LogP contribution in [0.3, 0.4) is 0 Å². The van der Waals surface area contributed by atoms with Crippen LogP contribution in [-0.4, -0.2) is 6.36 Å². The van der Waals surface area contributed by atoms with Gasteiger partial charge in [-0.2, -0.15) is 0 Å². The van der Waals surface area contributed by atoms with Gasteiger partial charge in [-0.1, -0.05) is 11.6 Å². The number of hydrogen-bond donors (Lipinski definition) is 0. The molecule has 78 valence electrons. The second kappa shape index (κ2) is 4.09. The SMILES string of the molecule is Fc1cc(Cl)c(OC(F)(F)F)cc1I. The number of rotatable bonds is 1. The molecule has 1 aromatic carbocycles. The molecule has 0 fully saturated rings. The lowest BCUT2D eigenvalue weighted by atomic mass is 10.3. The first kappa shape index (κ1) is 11.8. The zero-order valence-electron chi connectivity index (χ0n) is 6.33. The Labute approximate surface area is 95.1 Å². The fourth-order valence-electron chi connectivity index (χ4n) is 0.707. The summed E-state index contributed by atoms with van der Waals surface area (Å²) in [5.74, 6) is -1.30. The average Bonchev–Trinajstić information content (AvgIpc) is 1.97. The second-order valence-electron chi connectivity index (χ2n) is 2.24. The molecule has 0 radical (unpaired) electrons. The van der Waals surface area contributed by atoms with Crippen LogP contribution < -0.4 is 4.74 Å². The Morgan fingerprint density at radius 3 is 2.36 bits per heavy atom. The minimum atomic E-state index is -4.83. The third-order valence-corrected chi connectivity index (χ3v) is 2.32. The Bertz CT molecular complexity index is 352. The third kappa shape index (κ3) is 3.16. The monoisotopic (exact) mass is 340 g/mol. The maximum absolute atomic E-state index is 12.8. The zero-order chi connectivity index (χ0) is 10.9. The lowest BCUT2D eigenvalue weighted by Gasteiger charge is -2.10. The van der Waals surface area contributed by atoms with E-state index in [1.54, 1.807) is 0 Å². The van der Waals surface area contributed by atoms with Crippen LogP contribution in [0, 0.1) is 9.39 Å². The Hall–Kier alpha value is -0.240. The predicted molar refractivity (Wildman–Crippen MR) is 50.8 cm³/mol. The summed E-state index contributed by atoms with van der Waals surface area (Å²) >= 11 is 6.88. The van der Waals surface area contributed by atoms with Crippen LogP contribution >= 0.6 is 34.2 Å². The van der Waals surface area contributed by atoms with Gasteiger partial charge in [0.05, 0.1) is 8.59 Å². The zero-order valence-corrected chi connectivity index (χ0v) is 9.24. The summed E-state index contributed by atoms with van der Waals surface area (Å²) in [6.45, 7) is 0. The minimum Gasteiger partial charge on any atom is -0.404 e. The van der Waals surface area contributed by atoms with Gasteiger partial charge in [0.25, 0.3) is 0 Å². The molecule has 0 N–H and O–H groups in total. The molecule has 0 bridgehead atoms. The summed E-state index contributed by atoms with van der Waals surface area (Å²) in [7, 11) is 0. The Morgan fingerprint density at radius 2 is 1.86 bits per heavy atom. The van der Waals surface area contributed by atoms with E-state index in [9.17, 15) is 17.6 Å². The Kier molecular flexibility index (Phi) is 3.46. The van der Waals surface area contributed by atoms with Gasteiger partial charge in [-0.25, -0.2) is 4.39 Å². The fraction of sp³-hybridized carbons (Fsp3) is 0.143. The molecule has 0 saturated carbocycles. The van der Waals surface area contributed by atoms with Crippen LogP contribution in [0.1, 0.15) is 0 Å². The smallest absolute Gasteiger partial charge is 0.404 e. The number of benzene rings is 1. The molecule has 14 heavy (non-hydrogen) atoms.